The molecule has 0 fully saturated rings. The SMILES string of the molecule is CCC(C)(C)OP(=O)(O)SC. The van der Waals surface area contributed by atoms with Crippen molar-refractivity contribution in [2.24, 2.45) is 0 Å². The van der Waals surface area contributed by atoms with Gasteiger partial charge in [-0.1, -0.05) is 6.92 Å². The molecule has 0 rings (SSSR count). The molecule has 3 nitrogen and oxygen atoms in total. The molecule has 1 N–H and O–H groups in total. The molecule has 0 bridgehead atoms. The molecule has 1 unspecified atom stereocenters. The highest BCUT2D eigenvalue weighted by Gasteiger charge is 2.28. The van der Waals surface area contributed by atoms with E-state index in [0.29, 0.717) is 0 Å². The number of rotatable bonds is 4. The van der Waals surface area contributed by atoms with Crippen molar-refractivity contribution in [3.8, 4) is 0 Å². The predicted octanol–water partition coefficient (Wildman–Crippen LogP) is 2.66. The third-order valence-corrected chi connectivity index (χ3v) is 4.24. The second kappa shape index (κ2) is 3.94. The van der Waals surface area contributed by atoms with Crippen LogP contribution in [0, 0.1) is 0 Å². The van der Waals surface area contributed by atoms with E-state index in [2.05, 4.69) is 0 Å². The summed E-state index contributed by atoms with van der Waals surface area (Å²) in [7, 11) is 0. The molecule has 1 atom stereocenters. The van der Waals surface area contributed by atoms with E-state index in [1.54, 1.807) is 20.1 Å². The minimum Gasteiger partial charge on any atom is -0.316 e. The third-order valence-electron chi connectivity index (χ3n) is 1.44. The zero-order valence-electron chi connectivity index (χ0n) is 7.33. The van der Waals surface area contributed by atoms with Gasteiger partial charge in [-0.05, 0) is 37.9 Å². The van der Waals surface area contributed by atoms with Crippen LogP contribution in [0.1, 0.15) is 27.2 Å². The van der Waals surface area contributed by atoms with Crippen molar-refractivity contribution < 1.29 is 14.0 Å². The topological polar surface area (TPSA) is 46.5 Å². The summed E-state index contributed by atoms with van der Waals surface area (Å²) in [6.07, 6.45) is 2.28. The largest absolute Gasteiger partial charge is 0.386 e. The summed E-state index contributed by atoms with van der Waals surface area (Å²) < 4.78 is 16.1. The van der Waals surface area contributed by atoms with Crippen LogP contribution < -0.4 is 0 Å². The zero-order valence-corrected chi connectivity index (χ0v) is 9.04. The van der Waals surface area contributed by atoms with Gasteiger partial charge in [0.05, 0.1) is 5.60 Å². The Labute approximate surface area is 71.8 Å². The van der Waals surface area contributed by atoms with Gasteiger partial charge in [0.2, 0.25) is 0 Å². The van der Waals surface area contributed by atoms with E-state index < -0.39 is 12.4 Å². The van der Waals surface area contributed by atoms with Gasteiger partial charge >= 0.3 is 6.80 Å². The first-order valence-corrected chi connectivity index (χ1v) is 6.83. The van der Waals surface area contributed by atoms with Gasteiger partial charge in [-0.25, -0.2) is 4.57 Å². The number of hydrogen-bond acceptors (Lipinski definition) is 3. The number of hydrogen-bond donors (Lipinski definition) is 1. The van der Waals surface area contributed by atoms with Crippen LogP contribution in [-0.2, 0) is 9.09 Å². The molecule has 0 radical (unpaired) electrons. The smallest absolute Gasteiger partial charge is 0.316 e. The van der Waals surface area contributed by atoms with Crippen LogP contribution in [0.5, 0.6) is 0 Å². The van der Waals surface area contributed by atoms with Crippen molar-refractivity contribution in [3.05, 3.63) is 0 Å². The highest BCUT2D eigenvalue weighted by molar-refractivity contribution is 8.54. The lowest BCUT2D eigenvalue weighted by Crippen LogP contribution is -2.20. The summed E-state index contributed by atoms with van der Waals surface area (Å²) in [5.41, 5.74) is -0.507. The van der Waals surface area contributed by atoms with Gasteiger partial charge in [-0.2, -0.15) is 0 Å². The first-order valence-electron chi connectivity index (χ1n) is 3.42. The monoisotopic (exact) mass is 198 g/mol. The average Bonchev–Trinajstić information content (AvgIpc) is 1.86. The molecule has 68 valence electrons. The molecule has 0 aromatic rings. The molecule has 0 aliphatic heterocycles. The van der Waals surface area contributed by atoms with Gasteiger partial charge < -0.3 is 4.89 Å². The Morgan fingerprint density at radius 3 is 2.36 bits per heavy atom. The van der Waals surface area contributed by atoms with E-state index in [1.807, 2.05) is 6.92 Å². The molecule has 5 heteroatoms. The van der Waals surface area contributed by atoms with Crippen LogP contribution in [0.4, 0.5) is 0 Å². The Morgan fingerprint density at radius 2 is 2.09 bits per heavy atom. The van der Waals surface area contributed by atoms with Gasteiger partial charge in [0.1, 0.15) is 0 Å². The van der Waals surface area contributed by atoms with Crippen LogP contribution in [-0.4, -0.2) is 16.8 Å². The minimum atomic E-state index is -3.39. The summed E-state index contributed by atoms with van der Waals surface area (Å²) in [6, 6.07) is 0. The average molecular weight is 198 g/mol. The molecular weight excluding hydrogens is 183 g/mol. The van der Waals surface area contributed by atoms with E-state index in [1.165, 1.54) is 0 Å². The molecule has 0 saturated carbocycles. The summed E-state index contributed by atoms with van der Waals surface area (Å²) in [5, 5.41) is 0. The Balaban J connectivity index is 4.14. The second-order valence-electron chi connectivity index (χ2n) is 2.86. The molecule has 0 aliphatic rings. The first kappa shape index (κ1) is 11.5. The Hall–Kier alpha value is 0.500. The van der Waals surface area contributed by atoms with Crippen LogP contribution in [0.25, 0.3) is 0 Å². The molecule has 0 aromatic heterocycles. The molecule has 0 aliphatic carbocycles. The highest BCUT2D eigenvalue weighted by atomic mass is 32.7. The lowest BCUT2D eigenvalue weighted by molar-refractivity contribution is 0.0963. The van der Waals surface area contributed by atoms with Crippen molar-refractivity contribution in [1.29, 1.82) is 0 Å². The molecule has 11 heavy (non-hydrogen) atoms. The zero-order chi connectivity index (χ0) is 9.12. The van der Waals surface area contributed by atoms with E-state index in [4.69, 9.17) is 9.42 Å². The van der Waals surface area contributed by atoms with Crippen LogP contribution in [0.2, 0.25) is 0 Å². The molecular formula is C6H15O3PS. The van der Waals surface area contributed by atoms with Gasteiger partial charge in [-0.15, -0.1) is 0 Å². The van der Waals surface area contributed by atoms with Gasteiger partial charge in [0.25, 0.3) is 0 Å². The maximum atomic E-state index is 11.1. The predicted molar refractivity (Wildman–Crippen MR) is 48.8 cm³/mol. The summed E-state index contributed by atoms with van der Waals surface area (Å²) in [4.78, 5) is 9.09. The maximum Gasteiger partial charge on any atom is 0.386 e. The van der Waals surface area contributed by atoms with Crippen molar-refractivity contribution in [1.82, 2.24) is 0 Å². The normalized spacial score (nSPS) is 17.9. The quantitative estimate of drug-likeness (QED) is 0.705. The Bertz CT molecular complexity index is 169. The second-order valence-corrected chi connectivity index (χ2v) is 6.82. The van der Waals surface area contributed by atoms with Crippen molar-refractivity contribution in [2.75, 3.05) is 6.26 Å². The van der Waals surface area contributed by atoms with Gasteiger partial charge in [0.15, 0.2) is 0 Å². The maximum absolute atomic E-state index is 11.1. The lowest BCUT2D eigenvalue weighted by atomic mass is 10.1. The summed E-state index contributed by atoms with van der Waals surface area (Å²) >= 11 is 0.858. The standard InChI is InChI=1S/C6H15O3PS/c1-5-6(2,3)9-10(7,8)11-4/h5H2,1-4H3,(H,7,8). The van der Waals surface area contributed by atoms with Gasteiger partial charge in [-0.3, -0.25) is 4.52 Å². The minimum absolute atomic E-state index is 0.507. The van der Waals surface area contributed by atoms with Crippen molar-refractivity contribution in [2.45, 2.75) is 32.8 Å². The first-order chi connectivity index (χ1) is 4.83. The van der Waals surface area contributed by atoms with E-state index in [9.17, 15) is 4.57 Å². The third kappa shape index (κ3) is 4.86. The summed E-state index contributed by atoms with van der Waals surface area (Å²) in [6.45, 7) is 2.12. The molecule has 0 saturated heterocycles. The molecule has 0 spiro atoms. The van der Waals surface area contributed by atoms with E-state index in [-0.39, 0.29) is 0 Å². The highest BCUT2D eigenvalue weighted by Crippen LogP contribution is 2.56. The van der Waals surface area contributed by atoms with Crippen LogP contribution >= 0.6 is 18.2 Å². The fraction of sp³-hybridized carbons (Fsp3) is 1.00. The molecule has 0 aromatic carbocycles. The van der Waals surface area contributed by atoms with E-state index in [0.717, 1.165) is 17.8 Å². The molecule has 0 amide bonds. The van der Waals surface area contributed by atoms with Crippen molar-refractivity contribution in [3.63, 3.8) is 0 Å². The van der Waals surface area contributed by atoms with Crippen LogP contribution in [0.3, 0.4) is 0 Å². The van der Waals surface area contributed by atoms with Gasteiger partial charge in [0, 0.05) is 0 Å². The fourth-order valence-corrected chi connectivity index (χ4v) is 2.07. The van der Waals surface area contributed by atoms with Crippen molar-refractivity contribution >= 4 is 18.2 Å². The summed E-state index contributed by atoms with van der Waals surface area (Å²) in [5.74, 6) is 0. The lowest BCUT2D eigenvalue weighted by Gasteiger charge is -2.25. The van der Waals surface area contributed by atoms with E-state index >= 15 is 0 Å². The van der Waals surface area contributed by atoms with Crippen LogP contribution in [0.15, 0.2) is 0 Å². The molecule has 0 heterocycles. The Morgan fingerprint density at radius 1 is 1.64 bits per heavy atom. The Kier molecular flexibility index (Phi) is 4.12. The fourth-order valence-electron chi connectivity index (χ4n) is 0.414.